The van der Waals surface area contributed by atoms with Crippen molar-refractivity contribution < 1.29 is 17.9 Å². The highest BCUT2D eigenvalue weighted by Gasteiger charge is 2.34. The molecule has 0 bridgehead atoms. The highest BCUT2D eigenvalue weighted by atomic mass is 19.4. The Morgan fingerprint density at radius 1 is 1.44 bits per heavy atom. The lowest BCUT2D eigenvalue weighted by Gasteiger charge is -2.05. The largest absolute Gasteiger partial charge is 0.435 e. The van der Waals surface area contributed by atoms with Crippen LogP contribution in [0.1, 0.15) is 24.7 Å². The standard InChI is InChI=1S/C10H15F3N2O/c1-3-4-8-7-9(10(11,12)13)14-15(8)5-6-16-2/h7H,3-6H2,1-2H3. The van der Waals surface area contributed by atoms with Crippen molar-refractivity contribution in [2.24, 2.45) is 0 Å². The number of alkyl halides is 3. The van der Waals surface area contributed by atoms with E-state index in [4.69, 9.17) is 4.74 Å². The van der Waals surface area contributed by atoms with Crippen LogP contribution in [0.25, 0.3) is 0 Å². The quantitative estimate of drug-likeness (QED) is 0.785. The minimum absolute atomic E-state index is 0.349. The Balaban J connectivity index is 2.90. The molecule has 0 amide bonds. The predicted octanol–water partition coefficient (Wildman–Crippen LogP) is 2.50. The Morgan fingerprint density at radius 2 is 2.12 bits per heavy atom. The molecule has 0 aromatic carbocycles. The van der Waals surface area contributed by atoms with Crippen LogP contribution in [0.2, 0.25) is 0 Å². The molecule has 0 saturated heterocycles. The van der Waals surface area contributed by atoms with Crippen LogP contribution in [0, 0.1) is 0 Å². The first-order valence-electron chi connectivity index (χ1n) is 5.12. The van der Waals surface area contributed by atoms with Crippen molar-refractivity contribution >= 4 is 0 Å². The van der Waals surface area contributed by atoms with Gasteiger partial charge < -0.3 is 4.74 Å². The molecule has 92 valence electrons. The first-order valence-corrected chi connectivity index (χ1v) is 5.12. The SMILES string of the molecule is CCCc1cc(C(F)(F)F)nn1CCOC. The molecule has 1 rings (SSSR count). The molecule has 0 aliphatic carbocycles. The van der Waals surface area contributed by atoms with E-state index in [-0.39, 0.29) is 0 Å². The van der Waals surface area contributed by atoms with Gasteiger partial charge in [0.2, 0.25) is 0 Å². The van der Waals surface area contributed by atoms with Gasteiger partial charge in [-0.3, -0.25) is 4.68 Å². The van der Waals surface area contributed by atoms with Gasteiger partial charge in [-0.15, -0.1) is 0 Å². The summed E-state index contributed by atoms with van der Waals surface area (Å²) in [5.41, 5.74) is -0.223. The maximum atomic E-state index is 12.4. The maximum absolute atomic E-state index is 12.4. The Morgan fingerprint density at radius 3 is 2.62 bits per heavy atom. The van der Waals surface area contributed by atoms with E-state index in [0.29, 0.717) is 25.3 Å². The molecule has 0 radical (unpaired) electrons. The third-order valence-electron chi connectivity index (χ3n) is 2.17. The number of rotatable bonds is 5. The van der Waals surface area contributed by atoms with E-state index in [1.807, 2.05) is 6.92 Å². The van der Waals surface area contributed by atoms with Gasteiger partial charge in [-0.1, -0.05) is 13.3 Å². The second kappa shape index (κ2) is 5.34. The normalized spacial score (nSPS) is 12.1. The van der Waals surface area contributed by atoms with Crippen LogP contribution >= 0.6 is 0 Å². The molecular formula is C10H15F3N2O. The first-order chi connectivity index (χ1) is 7.49. The van der Waals surface area contributed by atoms with Gasteiger partial charge in [0.1, 0.15) is 0 Å². The summed E-state index contributed by atoms with van der Waals surface area (Å²) in [5, 5.41) is 3.55. The van der Waals surface area contributed by atoms with E-state index in [9.17, 15) is 13.2 Å². The molecule has 0 spiro atoms. The summed E-state index contributed by atoms with van der Waals surface area (Å²) in [6.45, 7) is 2.62. The van der Waals surface area contributed by atoms with Crippen LogP contribution < -0.4 is 0 Å². The zero-order valence-corrected chi connectivity index (χ0v) is 9.34. The van der Waals surface area contributed by atoms with Crippen LogP contribution in [-0.4, -0.2) is 23.5 Å². The number of methoxy groups -OCH3 is 1. The lowest BCUT2D eigenvalue weighted by Crippen LogP contribution is -2.11. The number of aryl methyl sites for hydroxylation is 1. The summed E-state index contributed by atoms with van der Waals surface area (Å²) in [5.74, 6) is 0. The summed E-state index contributed by atoms with van der Waals surface area (Å²) in [6.07, 6.45) is -3.00. The van der Waals surface area contributed by atoms with Crippen molar-refractivity contribution in [2.75, 3.05) is 13.7 Å². The van der Waals surface area contributed by atoms with E-state index in [1.165, 1.54) is 11.8 Å². The Labute approximate surface area is 92.2 Å². The molecule has 3 nitrogen and oxygen atoms in total. The zero-order valence-electron chi connectivity index (χ0n) is 9.34. The zero-order chi connectivity index (χ0) is 12.2. The lowest BCUT2D eigenvalue weighted by molar-refractivity contribution is -0.141. The molecule has 0 aliphatic rings. The molecule has 16 heavy (non-hydrogen) atoms. The first kappa shape index (κ1) is 13.0. The molecule has 1 heterocycles. The molecule has 0 N–H and O–H groups in total. The summed E-state index contributed by atoms with van der Waals surface area (Å²) < 4.78 is 43.5. The van der Waals surface area contributed by atoms with Gasteiger partial charge in [0.05, 0.1) is 13.2 Å². The fourth-order valence-corrected chi connectivity index (χ4v) is 1.42. The Kier molecular flexibility index (Phi) is 4.35. The van der Waals surface area contributed by atoms with Crippen LogP contribution in [0.4, 0.5) is 13.2 Å². The summed E-state index contributed by atoms with van der Waals surface area (Å²) >= 11 is 0. The second-order valence-corrected chi connectivity index (χ2v) is 3.48. The minimum Gasteiger partial charge on any atom is -0.383 e. The van der Waals surface area contributed by atoms with Crippen molar-refractivity contribution in [1.82, 2.24) is 9.78 Å². The predicted molar refractivity (Wildman–Crippen MR) is 53.1 cm³/mol. The van der Waals surface area contributed by atoms with Crippen LogP contribution in [0.5, 0.6) is 0 Å². The molecule has 1 aromatic heterocycles. The monoisotopic (exact) mass is 236 g/mol. The fourth-order valence-electron chi connectivity index (χ4n) is 1.42. The number of halogens is 3. The van der Waals surface area contributed by atoms with Crippen molar-refractivity contribution in [3.05, 3.63) is 17.5 Å². The van der Waals surface area contributed by atoms with E-state index < -0.39 is 11.9 Å². The Bertz CT molecular complexity index is 333. The van der Waals surface area contributed by atoms with Crippen molar-refractivity contribution in [3.8, 4) is 0 Å². The summed E-state index contributed by atoms with van der Waals surface area (Å²) in [6, 6.07) is 1.11. The summed E-state index contributed by atoms with van der Waals surface area (Å²) in [7, 11) is 1.51. The minimum atomic E-state index is -4.37. The molecule has 6 heteroatoms. The van der Waals surface area contributed by atoms with Gasteiger partial charge in [0, 0.05) is 12.8 Å². The molecule has 1 aromatic rings. The van der Waals surface area contributed by atoms with Crippen LogP contribution in [0.15, 0.2) is 6.07 Å². The smallest absolute Gasteiger partial charge is 0.383 e. The van der Waals surface area contributed by atoms with Gasteiger partial charge in [-0.2, -0.15) is 18.3 Å². The number of hydrogen-bond donors (Lipinski definition) is 0. The number of ether oxygens (including phenoxy) is 1. The highest BCUT2D eigenvalue weighted by molar-refractivity contribution is 5.13. The van der Waals surface area contributed by atoms with Gasteiger partial charge in [-0.25, -0.2) is 0 Å². The second-order valence-electron chi connectivity index (χ2n) is 3.48. The fraction of sp³-hybridized carbons (Fsp3) is 0.700. The average Bonchev–Trinajstić information content (AvgIpc) is 2.58. The van der Waals surface area contributed by atoms with E-state index in [2.05, 4.69) is 5.10 Å². The van der Waals surface area contributed by atoms with Crippen LogP contribution in [0.3, 0.4) is 0 Å². The van der Waals surface area contributed by atoms with E-state index in [0.717, 1.165) is 12.5 Å². The lowest BCUT2D eigenvalue weighted by atomic mass is 10.2. The van der Waals surface area contributed by atoms with Gasteiger partial charge >= 0.3 is 6.18 Å². The average molecular weight is 236 g/mol. The molecular weight excluding hydrogens is 221 g/mol. The summed E-state index contributed by atoms with van der Waals surface area (Å²) in [4.78, 5) is 0. The molecule has 0 unspecified atom stereocenters. The number of aromatic nitrogens is 2. The van der Waals surface area contributed by atoms with Crippen molar-refractivity contribution in [3.63, 3.8) is 0 Å². The van der Waals surface area contributed by atoms with Crippen molar-refractivity contribution in [1.29, 1.82) is 0 Å². The highest BCUT2D eigenvalue weighted by Crippen LogP contribution is 2.28. The van der Waals surface area contributed by atoms with E-state index in [1.54, 1.807) is 0 Å². The molecule has 0 saturated carbocycles. The third kappa shape index (κ3) is 3.23. The van der Waals surface area contributed by atoms with Gasteiger partial charge in [0.25, 0.3) is 0 Å². The molecule has 0 fully saturated rings. The van der Waals surface area contributed by atoms with E-state index >= 15 is 0 Å². The number of hydrogen-bond acceptors (Lipinski definition) is 2. The third-order valence-corrected chi connectivity index (χ3v) is 2.17. The van der Waals surface area contributed by atoms with Crippen LogP contribution in [-0.2, 0) is 23.9 Å². The van der Waals surface area contributed by atoms with Gasteiger partial charge in [0.15, 0.2) is 5.69 Å². The van der Waals surface area contributed by atoms with Crippen molar-refractivity contribution in [2.45, 2.75) is 32.5 Å². The van der Waals surface area contributed by atoms with Gasteiger partial charge in [-0.05, 0) is 12.5 Å². The Hall–Kier alpha value is -1.04. The topological polar surface area (TPSA) is 27.1 Å². The number of nitrogens with zero attached hydrogens (tertiary/aromatic N) is 2. The molecule has 0 aliphatic heterocycles. The maximum Gasteiger partial charge on any atom is 0.435 e. The molecule has 0 atom stereocenters.